The van der Waals surface area contributed by atoms with Gasteiger partial charge in [0.05, 0.1) is 24.9 Å². The topological polar surface area (TPSA) is 98.1 Å². The van der Waals surface area contributed by atoms with Crippen LogP contribution in [0.25, 0.3) is 0 Å². The number of carbonyl (C=O) groups is 2. The second-order valence-electron chi connectivity index (χ2n) is 6.80. The van der Waals surface area contributed by atoms with Crippen molar-refractivity contribution in [2.75, 3.05) is 12.4 Å². The molecule has 1 aliphatic heterocycles. The van der Waals surface area contributed by atoms with Gasteiger partial charge in [0.15, 0.2) is 0 Å². The van der Waals surface area contributed by atoms with Gasteiger partial charge in [0.2, 0.25) is 0 Å². The zero-order valence-corrected chi connectivity index (χ0v) is 16.0. The number of ether oxygens (including phenoxy) is 1. The number of anilines is 1. The summed E-state index contributed by atoms with van der Waals surface area (Å²) in [5.41, 5.74) is 1.36. The largest absolute Gasteiger partial charge is 0.497 e. The van der Waals surface area contributed by atoms with Gasteiger partial charge in [-0.2, -0.15) is 5.10 Å². The van der Waals surface area contributed by atoms with Gasteiger partial charge in [-0.1, -0.05) is 12.1 Å². The van der Waals surface area contributed by atoms with Crippen molar-refractivity contribution in [1.29, 1.82) is 0 Å². The Labute approximate surface area is 167 Å². The van der Waals surface area contributed by atoms with E-state index in [1.165, 1.54) is 6.33 Å². The molecule has 0 spiro atoms. The fraction of sp³-hybridized carbons (Fsp3) is 0.238. The monoisotopic (exact) mass is 391 g/mol. The Hall–Kier alpha value is -3.68. The molecular formula is C21H21N5O3. The van der Waals surface area contributed by atoms with E-state index in [1.54, 1.807) is 55.6 Å². The van der Waals surface area contributed by atoms with Crippen LogP contribution < -0.4 is 15.4 Å². The minimum atomic E-state index is -0.294. The number of para-hydroxylation sites is 1. The minimum absolute atomic E-state index is 0.0398. The summed E-state index contributed by atoms with van der Waals surface area (Å²) in [5.74, 6) is 1.08. The lowest BCUT2D eigenvalue weighted by atomic mass is 10.1. The van der Waals surface area contributed by atoms with Gasteiger partial charge >= 0.3 is 0 Å². The van der Waals surface area contributed by atoms with Gasteiger partial charge in [0, 0.05) is 18.0 Å². The van der Waals surface area contributed by atoms with Crippen LogP contribution in [-0.4, -0.2) is 39.7 Å². The highest BCUT2D eigenvalue weighted by atomic mass is 16.5. The van der Waals surface area contributed by atoms with Gasteiger partial charge in [-0.25, -0.2) is 9.67 Å². The number of benzene rings is 2. The average Bonchev–Trinajstić information content (AvgIpc) is 3.22. The third kappa shape index (κ3) is 4.11. The van der Waals surface area contributed by atoms with Crippen molar-refractivity contribution in [3.8, 4) is 5.75 Å². The molecule has 1 atom stereocenters. The van der Waals surface area contributed by atoms with Crippen molar-refractivity contribution < 1.29 is 14.3 Å². The van der Waals surface area contributed by atoms with E-state index in [2.05, 4.69) is 20.7 Å². The number of amides is 2. The molecule has 4 rings (SSSR count). The highest BCUT2D eigenvalue weighted by molar-refractivity contribution is 6.09. The van der Waals surface area contributed by atoms with Crippen molar-refractivity contribution in [1.82, 2.24) is 20.1 Å². The van der Waals surface area contributed by atoms with Crippen molar-refractivity contribution >= 4 is 17.5 Å². The molecule has 2 heterocycles. The van der Waals surface area contributed by atoms with Crippen molar-refractivity contribution in [3.05, 3.63) is 71.8 Å². The summed E-state index contributed by atoms with van der Waals surface area (Å²) in [4.78, 5) is 29.6. The zero-order chi connectivity index (χ0) is 20.2. The van der Waals surface area contributed by atoms with Crippen LogP contribution in [0.3, 0.4) is 0 Å². The zero-order valence-electron chi connectivity index (χ0n) is 16.0. The molecule has 0 bridgehead atoms. The van der Waals surface area contributed by atoms with Crippen LogP contribution in [0.15, 0.2) is 54.9 Å². The summed E-state index contributed by atoms with van der Waals surface area (Å²) in [6, 6.07) is 13.7. The smallest absolute Gasteiger partial charge is 0.255 e. The quantitative estimate of drug-likeness (QED) is 0.695. The molecule has 3 aromatic rings. The predicted molar refractivity (Wildman–Crippen MR) is 107 cm³/mol. The average molecular weight is 391 g/mol. The predicted octanol–water partition coefficient (Wildman–Crippen LogP) is 2.28. The van der Waals surface area contributed by atoms with Gasteiger partial charge in [-0.15, -0.1) is 0 Å². The van der Waals surface area contributed by atoms with E-state index in [0.717, 1.165) is 18.7 Å². The molecule has 1 aliphatic rings. The fourth-order valence-corrected chi connectivity index (χ4v) is 3.35. The van der Waals surface area contributed by atoms with Gasteiger partial charge < -0.3 is 15.4 Å². The van der Waals surface area contributed by atoms with Crippen LogP contribution >= 0.6 is 0 Å². The van der Waals surface area contributed by atoms with Gasteiger partial charge in [-0.05, 0) is 42.8 Å². The fourth-order valence-electron chi connectivity index (χ4n) is 3.35. The summed E-state index contributed by atoms with van der Waals surface area (Å²) < 4.78 is 6.92. The van der Waals surface area contributed by atoms with Crippen molar-refractivity contribution in [2.24, 2.45) is 0 Å². The van der Waals surface area contributed by atoms with Crippen LogP contribution in [0.2, 0.25) is 0 Å². The molecule has 148 valence electrons. The number of aryl methyl sites for hydroxylation is 1. The number of nitrogens with one attached hydrogen (secondary N) is 2. The summed E-state index contributed by atoms with van der Waals surface area (Å²) >= 11 is 0. The number of aromatic nitrogens is 3. The number of hydrogen-bond donors (Lipinski definition) is 2. The van der Waals surface area contributed by atoms with Crippen LogP contribution in [0.1, 0.15) is 33.0 Å². The third-order valence-corrected chi connectivity index (χ3v) is 4.91. The Morgan fingerprint density at radius 1 is 1.10 bits per heavy atom. The molecule has 1 aromatic heterocycles. The molecule has 8 nitrogen and oxygen atoms in total. The molecule has 2 amide bonds. The Morgan fingerprint density at radius 3 is 2.69 bits per heavy atom. The number of rotatable bonds is 5. The Balaban J connectivity index is 1.46. The maximum atomic E-state index is 12.9. The molecule has 1 unspecified atom stereocenters. The first-order valence-electron chi connectivity index (χ1n) is 9.36. The number of methoxy groups -OCH3 is 1. The molecule has 0 saturated heterocycles. The highest BCUT2D eigenvalue weighted by Crippen LogP contribution is 2.19. The number of fused-ring (bicyclic) bond motifs is 1. The number of nitrogens with zero attached hydrogens (tertiary/aromatic N) is 3. The summed E-state index contributed by atoms with van der Waals surface area (Å²) in [6.07, 6.45) is 3.09. The second-order valence-corrected chi connectivity index (χ2v) is 6.80. The first-order chi connectivity index (χ1) is 14.1. The Kier molecular flexibility index (Phi) is 5.24. The SMILES string of the molecule is COc1ccc(C(=O)Nc2ccccc2C(=O)NC2CCc3ncnn3C2)cc1. The first kappa shape index (κ1) is 18.7. The van der Waals surface area contributed by atoms with E-state index in [1.807, 2.05) is 4.68 Å². The van der Waals surface area contributed by atoms with Gasteiger partial charge in [-0.3, -0.25) is 9.59 Å². The van der Waals surface area contributed by atoms with Gasteiger partial charge in [0.1, 0.15) is 17.9 Å². The van der Waals surface area contributed by atoms with E-state index < -0.39 is 0 Å². The van der Waals surface area contributed by atoms with Crippen LogP contribution in [0.5, 0.6) is 5.75 Å². The van der Waals surface area contributed by atoms with E-state index in [9.17, 15) is 9.59 Å². The van der Waals surface area contributed by atoms with Crippen LogP contribution in [0.4, 0.5) is 5.69 Å². The maximum Gasteiger partial charge on any atom is 0.255 e. The molecular weight excluding hydrogens is 370 g/mol. The summed E-state index contributed by atoms with van der Waals surface area (Å²) in [6.45, 7) is 0.585. The summed E-state index contributed by atoms with van der Waals surface area (Å²) in [7, 11) is 1.57. The molecule has 0 radical (unpaired) electrons. The molecule has 2 aromatic carbocycles. The number of hydrogen-bond acceptors (Lipinski definition) is 5. The Morgan fingerprint density at radius 2 is 1.90 bits per heavy atom. The van der Waals surface area contributed by atoms with Gasteiger partial charge in [0.25, 0.3) is 11.8 Å². The second kappa shape index (κ2) is 8.14. The maximum absolute atomic E-state index is 12.9. The first-order valence-corrected chi connectivity index (χ1v) is 9.36. The van der Waals surface area contributed by atoms with Crippen LogP contribution in [-0.2, 0) is 13.0 Å². The highest BCUT2D eigenvalue weighted by Gasteiger charge is 2.23. The lowest BCUT2D eigenvalue weighted by molar-refractivity contribution is 0.0927. The normalized spacial score (nSPS) is 15.3. The molecule has 0 saturated carbocycles. The van der Waals surface area contributed by atoms with E-state index in [-0.39, 0.29) is 17.9 Å². The van der Waals surface area contributed by atoms with Crippen molar-refractivity contribution in [3.63, 3.8) is 0 Å². The van der Waals surface area contributed by atoms with E-state index in [0.29, 0.717) is 29.1 Å². The third-order valence-electron chi connectivity index (χ3n) is 4.91. The van der Waals surface area contributed by atoms with E-state index >= 15 is 0 Å². The van der Waals surface area contributed by atoms with Crippen LogP contribution in [0, 0.1) is 0 Å². The molecule has 0 fully saturated rings. The molecule has 2 N–H and O–H groups in total. The standard InChI is InChI=1S/C21H21N5O3/c1-29-16-9-6-14(7-10-16)20(27)25-18-5-3-2-4-17(18)21(28)24-15-8-11-19-22-13-23-26(19)12-15/h2-7,9-10,13,15H,8,11-12H2,1H3,(H,24,28)(H,25,27). The van der Waals surface area contributed by atoms with E-state index in [4.69, 9.17) is 4.74 Å². The molecule has 0 aliphatic carbocycles. The molecule has 29 heavy (non-hydrogen) atoms. The number of carbonyl (C=O) groups excluding carboxylic acids is 2. The molecule has 8 heteroatoms. The van der Waals surface area contributed by atoms with Crippen molar-refractivity contribution in [2.45, 2.75) is 25.4 Å². The summed E-state index contributed by atoms with van der Waals surface area (Å²) in [5, 5.41) is 10.0. The Bertz CT molecular complexity index is 1030. The minimum Gasteiger partial charge on any atom is -0.497 e. The lowest BCUT2D eigenvalue weighted by Crippen LogP contribution is -2.41. The lowest BCUT2D eigenvalue weighted by Gasteiger charge is -2.24.